The number of hydrogen-bond acceptors (Lipinski definition) is 2. The van der Waals surface area contributed by atoms with E-state index in [1.54, 1.807) is 7.11 Å². The zero-order valence-electron chi connectivity index (χ0n) is 10.2. The van der Waals surface area contributed by atoms with Crippen LogP contribution in [0.5, 0.6) is 0 Å². The summed E-state index contributed by atoms with van der Waals surface area (Å²) in [5, 5.41) is 3.14. The van der Waals surface area contributed by atoms with Gasteiger partial charge >= 0.3 is 6.18 Å². The summed E-state index contributed by atoms with van der Waals surface area (Å²) in [6.07, 6.45) is -2.68. The van der Waals surface area contributed by atoms with E-state index in [9.17, 15) is 13.2 Å². The summed E-state index contributed by atoms with van der Waals surface area (Å²) in [4.78, 5) is 0. The molecule has 0 aliphatic carbocycles. The van der Waals surface area contributed by atoms with E-state index in [0.717, 1.165) is 36.7 Å². The largest absolute Gasteiger partial charge is 0.416 e. The molecule has 0 radical (unpaired) electrons. The zero-order valence-corrected chi connectivity index (χ0v) is 10.2. The van der Waals surface area contributed by atoms with E-state index in [2.05, 4.69) is 5.32 Å². The summed E-state index contributed by atoms with van der Waals surface area (Å²) in [6, 6.07) is 3.92. The SMILES string of the molecule is COCCC1CCNc2ccc(C(F)(F)F)cc21. The molecule has 1 aliphatic heterocycles. The predicted molar refractivity (Wildman–Crippen MR) is 63.8 cm³/mol. The minimum absolute atomic E-state index is 0.142. The van der Waals surface area contributed by atoms with Crippen LogP contribution >= 0.6 is 0 Å². The highest BCUT2D eigenvalue weighted by Gasteiger charge is 2.32. The lowest BCUT2D eigenvalue weighted by Gasteiger charge is -2.27. The van der Waals surface area contributed by atoms with Crippen molar-refractivity contribution in [3.8, 4) is 0 Å². The Morgan fingerprint density at radius 3 is 2.83 bits per heavy atom. The molecule has 100 valence electrons. The Bertz CT molecular complexity index is 417. The summed E-state index contributed by atoms with van der Waals surface area (Å²) >= 11 is 0. The van der Waals surface area contributed by atoms with Crippen LogP contribution in [0.1, 0.15) is 29.9 Å². The smallest absolute Gasteiger partial charge is 0.385 e. The van der Waals surface area contributed by atoms with Crippen molar-refractivity contribution >= 4 is 5.69 Å². The second kappa shape index (κ2) is 5.18. The molecular formula is C13H16F3NO. The predicted octanol–water partition coefficient (Wildman–Crippen LogP) is 3.64. The molecular weight excluding hydrogens is 243 g/mol. The van der Waals surface area contributed by atoms with Crippen LogP contribution in [-0.4, -0.2) is 20.3 Å². The van der Waals surface area contributed by atoms with Crippen LogP contribution < -0.4 is 5.32 Å². The normalized spacial score (nSPS) is 19.2. The van der Waals surface area contributed by atoms with Crippen LogP contribution in [0.15, 0.2) is 18.2 Å². The van der Waals surface area contributed by atoms with E-state index in [0.29, 0.717) is 6.61 Å². The lowest BCUT2D eigenvalue weighted by molar-refractivity contribution is -0.137. The van der Waals surface area contributed by atoms with Crippen LogP contribution in [0, 0.1) is 0 Å². The van der Waals surface area contributed by atoms with Gasteiger partial charge in [-0.2, -0.15) is 13.2 Å². The van der Waals surface area contributed by atoms with Gasteiger partial charge in [0.1, 0.15) is 0 Å². The van der Waals surface area contributed by atoms with Crippen LogP contribution in [0.2, 0.25) is 0 Å². The van der Waals surface area contributed by atoms with Gasteiger partial charge in [-0.05, 0) is 42.5 Å². The maximum absolute atomic E-state index is 12.7. The Hall–Kier alpha value is -1.23. The maximum atomic E-state index is 12.7. The summed E-state index contributed by atoms with van der Waals surface area (Å²) in [5.41, 5.74) is 0.996. The van der Waals surface area contributed by atoms with Crippen molar-refractivity contribution in [2.75, 3.05) is 25.6 Å². The number of alkyl halides is 3. The van der Waals surface area contributed by atoms with Gasteiger partial charge in [0.05, 0.1) is 5.56 Å². The number of anilines is 1. The molecule has 0 aromatic heterocycles. The molecule has 1 aliphatic rings. The molecule has 1 atom stereocenters. The first-order valence-corrected chi connectivity index (χ1v) is 5.96. The van der Waals surface area contributed by atoms with E-state index in [1.165, 1.54) is 12.1 Å². The minimum atomic E-state index is -4.28. The Morgan fingerprint density at radius 2 is 2.17 bits per heavy atom. The van der Waals surface area contributed by atoms with Gasteiger partial charge in [-0.25, -0.2) is 0 Å². The van der Waals surface area contributed by atoms with E-state index in [-0.39, 0.29) is 5.92 Å². The Balaban J connectivity index is 2.29. The lowest BCUT2D eigenvalue weighted by atomic mass is 9.87. The quantitative estimate of drug-likeness (QED) is 0.894. The maximum Gasteiger partial charge on any atom is 0.416 e. The molecule has 0 saturated carbocycles. The van der Waals surface area contributed by atoms with Crippen LogP contribution in [-0.2, 0) is 10.9 Å². The number of fused-ring (bicyclic) bond motifs is 1. The molecule has 0 amide bonds. The van der Waals surface area contributed by atoms with Crippen molar-refractivity contribution in [3.63, 3.8) is 0 Å². The summed E-state index contributed by atoms with van der Waals surface area (Å²) in [5.74, 6) is 0.142. The van der Waals surface area contributed by atoms with Gasteiger partial charge in [-0.15, -0.1) is 0 Å². The second-order valence-corrected chi connectivity index (χ2v) is 4.49. The monoisotopic (exact) mass is 259 g/mol. The molecule has 18 heavy (non-hydrogen) atoms. The number of rotatable bonds is 3. The van der Waals surface area contributed by atoms with E-state index >= 15 is 0 Å². The Kier molecular flexibility index (Phi) is 3.80. The minimum Gasteiger partial charge on any atom is -0.385 e. The van der Waals surface area contributed by atoms with Crippen LogP contribution in [0.3, 0.4) is 0 Å². The molecule has 0 spiro atoms. The first-order valence-electron chi connectivity index (χ1n) is 5.96. The molecule has 1 heterocycles. The topological polar surface area (TPSA) is 21.3 Å². The second-order valence-electron chi connectivity index (χ2n) is 4.49. The third kappa shape index (κ3) is 2.77. The Labute approximate surface area is 104 Å². The van der Waals surface area contributed by atoms with Gasteiger partial charge in [0, 0.05) is 25.9 Å². The molecule has 1 aromatic rings. The van der Waals surface area contributed by atoms with Crippen LogP contribution in [0.4, 0.5) is 18.9 Å². The Morgan fingerprint density at radius 1 is 1.39 bits per heavy atom. The van der Waals surface area contributed by atoms with Crippen molar-refractivity contribution < 1.29 is 17.9 Å². The van der Waals surface area contributed by atoms with Gasteiger partial charge in [0.2, 0.25) is 0 Å². The highest BCUT2D eigenvalue weighted by atomic mass is 19.4. The lowest BCUT2D eigenvalue weighted by Crippen LogP contribution is -2.19. The average Bonchev–Trinajstić information content (AvgIpc) is 2.34. The van der Waals surface area contributed by atoms with Crippen molar-refractivity contribution in [1.82, 2.24) is 0 Å². The number of ether oxygens (including phenoxy) is 1. The molecule has 5 heteroatoms. The molecule has 0 bridgehead atoms. The molecule has 2 rings (SSSR count). The van der Waals surface area contributed by atoms with Gasteiger partial charge in [-0.1, -0.05) is 0 Å². The number of methoxy groups -OCH3 is 1. The zero-order chi connectivity index (χ0) is 13.2. The van der Waals surface area contributed by atoms with Crippen LogP contribution in [0.25, 0.3) is 0 Å². The molecule has 1 N–H and O–H groups in total. The highest BCUT2D eigenvalue weighted by Crippen LogP contribution is 2.38. The van der Waals surface area contributed by atoms with Crippen molar-refractivity contribution in [2.45, 2.75) is 24.9 Å². The molecule has 1 unspecified atom stereocenters. The summed E-state index contributed by atoms with van der Waals surface area (Å²) in [6.45, 7) is 1.37. The summed E-state index contributed by atoms with van der Waals surface area (Å²) < 4.78 is 43.1. The summed E-state index contributed by atoms with van der Waals surface area (Å²) in [7, 11) is 1.61. The molecule has 2 nitrogen and oxygen atoms in total. The third-order valence-electron chi connectivity index (χ3n) is 3.30. The van der Waals surface area contributed by atoms with Gasteiger partial charge < -0.3 is 10.1 Å². The average molecular weight is 259 g/mol. The number of nitrogens with one attached hydrogen (secondary N) is 1. The number of hydrogen-bond donors (Lipinski definition) is 1. The van der Waals surface area contributed by atoms with Gasteiger partial charge in [0.15, 0.2) is 0 Å². The fraction of sp³-hybridized carbons (Fsp3) is 0.538. The van der Waals surface area contributed by atoms with Crippen molar-refractivity contribution in [3.05, 3.63) is 29.3 Å². The van der Waals surface area contributed by atoms with E-state index < -0.39 is 11.7 Å². The molecule has 1 aromatic carbocycles. The van der Waals surface area contributed by atoms with E-state index in [1.807, 2.05) is 0 Å². The van der Waals surface area contributed by atoms with Crippen molar-refractivity contribution in [1.29, 1.82) is 0 Å². The third-order valence-corrected chi connectivity index (χ3v) is 3.30. The fourth-order valence-electron chi connectivity index (χ4n) is 2.33. The highest BCUT2D eigenvalue weighted by molar-refractivity contribution is 5.56. The first kappa shape index (κ1) is 13.2. The number of benzene rings is 1. The van der Waals surface area contributed by atoms with Gasteiger partial charge in [0.25, 0.3) is 0 Å². The van der Waals surface area contributed by atoms with E-state index in [4.69, 9.17) is 4.74 Å². The fourth-order valence-corrected chi connectivity index (χ4v) is 2.33. The first-order chi connectivity index (χ1) is 8.52. The standard InChI is InChI=1S/C13H16F3NO/c1-18-7-5-9-4-6-17-12-3-2-10(8-11(9)12)13(14,15)16/h2-3,8-9,17H,4-7H2,1H3. The number of halogens is 3. The van der Waals surface area contributed by atoms with Crippen molar-refractivity contribution in [2.24, 2.45) is 0 Å². The van der Waals surface area contributed by atoms with Gasteiger partial charge in [-0.3, -0.25) is 0 Å². The molecule has 0 saturated heterocycles. The molecule has 0 fully saturated rings.